The molecule has 0 aromatic carbocycles. The van der Waals surface area contributed by atoms with Crippen LogP contribution in [0.25, 0.3) is 0 Å². The smallest absolute Gasteiger partial charge is 0.207 e. The third-order valence-electron chi connectivity index (χ3n) is 1.28. The number of hydrogen-bond acceptors (Lipinski definition) is 1. The van der Waals surface area contributed by atoms with Gasteiger partial charge in [0.1, 0.15) is 5.88 Å². The van der Waals surface area contributed by atoms with Crippen molar-refractivity contribution in [2.75, 3.05) is 0 Å². The van der Waals surface area contributed by atoms with Crippen LogP contribution in [0.2, 0.25) is 0 Å². The fourth-order valence-corrected chi connectivity index (χ4v) is 0.922. The molecule has 0 bridgehead atoms. The fraction of sp³-hybridized carbons (Fsp3) is 0.286. The SMILES string of the molecule is Cc1ccc(CCl)[n+]([O-])c1. The van der Waals surface area contributed by atoms with Crippen molar-refractivity contribution in [2.45, 2.75) is 12.8 Å². The zero-order valence-corrected chi connectivity index (χ0v) is 6.43. The summed E-state index contributed by atoms with van der Waals surface area (Å²) >= 11 is 5.46. The molecule has 1 rings (SSSR count). The standard InChI is InChI=1S/C7H8ClNO/c1-6-2-3-7(4-8)9(10)5-6/h2-3,5H,4H2,1H3. The lowest BCUT2D eigenvalue weighted by Gasteiger charge is -2.00. The van der Waals surface area contributed by atoms with Crippen molar-refractivity contribution in [3.63, 3.8) is 0 Å². The topological polar surface area (TPSA) is 26.9 Å². The molecule has 0 spiro atoms. The minimum Gasteiger partial charge on any atom is -0.618 e. The van der Waals surface area contributed by atoms with Crippen LogP contribution in [0.3, 0.4) is 0 Å². The van der Waals surface area contributed by atoms with E-state index in [0.29, 0.717) is 5.69 Å². The first-order valence-electron chi connectivity index (χ1n) is 2.98. The van der Waals surface area contributed by atoms with Gasteiger partial charge in [0.05, 0.1) is 0 Å². The van der Waals surface area contributed by atoms with E-state index in [1.54, 1.807) is 6.07 Å². The Balaban J connectivity index is 3.07. The molecule has 3 heteroatoms. The number of aromatic nitrogens is 1. The molecule has 0 fully saturated rings. The van der Waals surface area contributed by atoms with Crippen molar-refractivity contribution in [1.82, 2.24) is 0 Å². The predicted octanol–water partition coefficient (Wildman–Crippen LogP) is 1.37. The molecule has 1 aromatic rings. The first kappa shape index (κ1) is 7.35. The maximum atomic E-state index is 10.9. The van der Waals surface area contributed by atoms with Crippen LogP contribution in [-0.4, -0.2) is 0 Å². The van der Waals surface area contributed by atoms with Gasteiger partial charge >= 0.3 is 0 Å². The van der Waals surface area contributed by atoms with Gasteiger partial charge in [-0.3, -0.25) is 0 Å². The summed E-state index contributed by atoms with van der Waals surface area (Å²) < 4.78 is 0.794. The highest BCUT2D eigenvalue weighted by Crippen LogP contribution is 1.98. The van der Waals surface area contributed by atoms with Gasteiger partial charge in [-0.25, -0.2) is 0 Å². The predicted molar refractivity (Wildman–Crippen MR) is 39.7 cm³/mol. The van der Waals surface area contributed by atoms with E-state index in [9.17, 15) is 5.21 Å². The summed E-state index contributed by atoms with van der Waals surface area (Å²) in [5.41, 5.74) is 1.54. The largest absolute Gasteiger partial charge is 0.618 e. The Morgan fingerprint density at radius 2 is 2.30 bits per heavy atom. The van der Waals surface area contributed by atoms with Gasteiger partial charge in [-0.1, -0.05) is 0 Å². The lowest BCUT2D eigenvalue weighted by atomic mass is 10.3. The van der Waals surface area contributed by atoms with E-state index >= 15 is 0 Å². The minimum absolute atomic E-state index is 0.268. The molecular weight excluding hydrogens is 150 g/mol. The summed E-state index contributed by atoms with van der Waals surface area (Å²) in [7, 11) is 0. The van der Waals surface area contributed by atoms with Crippen LogP contribution in [0.5, 0.6) is 0 Å². The van der Waals surface area contributed by atoms with Crippen LogP contribution < -0.4 is 4.73 Å². The zero-order valence-electron chi connectivity index (χ0n) is 5.67. The van der Waals surface area contributed by atoms with Crippen LogP contribution in [0, 0.1) is 12.1 Å². The molecule has 2 nitrogen and oxygen atoms in total. The molecule has 0 amide bonds. The number of nitrogens with zero attached hydrogens (tertiary/aromatic N) is 1. The summed E-state index contributed by atoms with van der Waals surface area (Å²) in [5.74, 6) is 0.268. The third-order valence-corrected chi connectivity index (χ3v) is 1.55. The van der Waals surface area contributed by atoms with Crippen molar-refractivity contribution in [3.8, 4) is 0 Å². The summed E-state index contributed by atoms with van der Waals surface area (Å²) in [6, 6.07) is 3.60. The van der Waals surface area contributed by atoms with Crippen molar-refractivity contribution >= 4 is 11.6 Å². The van der Waals surface area contributed by atoms with E-state index in [0.717, 1.165) is 10.3 Å². The quantitative estimate of drug-likeness (QED) is 0.344. The van der Waals surface area contributed by atoms with Gasteiger partial charge in [-0.2, -0.15) is 4.73 Å². The molecule has 0 saturated carbocycles. The van der Waals surface area contributed by atoms with Gasteiger partial charge < -0.3 is 5.21 Å². The highest BCUT2D eigenvalue weighted by molar-refractivity contribution is 6.16. The fourth-order valence-electron chi connectivity index (χ4n) is 0.715. The van der Waals surface area contributed by atoms with E-state index in [4.69, 9.17) is 11.6 Å². The molecule has 0 unspecified atom stereocenters. The normalized spacial score (nSPS) is 9.80. The number of aryl methyl sites for hydroxylation is 1. The third kappa shape index (κ3) is 1.39. The second-order valence-corrected chi connectivity index (χ2v) is 2.42. The average molecular weight is 158 g/mol. The second-order valence-electron chi connectivity index (χ2n) is 2.16. The minimum atomic E-state index is 0.268. The molecular formula is C7H8ClNO. The lowest BCUT2D eigenvalue weighted by molar-refractivity contribution is -0.613. The average Bonchev–Trinajstić information content (AvgIpc) is 1.88. The number of rotatable bonds is 1. The monoisotopic (exact) mass is 157 g/mol. The summed E-state index contributed by atoms with van der Waals surface area (Å²) in [5, 5.41) is 10.9. The van der Waals surface area contributed by atoms with Crippen molar-refractivity contribution in [3.05, 3.63) is 34.8 Å². The number of alkyl halides is 1. The Bertz CT molecular complexity index is 237. The second kappa shape index (κ2) is 2.88. The van der Waals surface area contributed by atoms with Crippen LogP contribution >= 0.6 is 11.6 Å². The summed E-state index contributed by atoms with van der Waals surface area (Å²) in [4.78, 5) is 0. The zero-order chi connectivity index (χ0) is 7.56. The molecule has 0 aliphatic rings. The Kier molecular flexibility index (Phi) is 2.12. The van der Waals surface area contributed by atoms with Crippen molar-refractivity contribution < 1.29 is 4.73 Å². The molecule has 1 heterocycles. The highest BCUT2D eigenvalue weighted by Gasteiger charge is 2.00. The van der Waals surface area contributed by atoms with E-state index in [2.05, 4.69) is 0 Å². The number of hydrogen-bond donors (Lipinski definition) is 0. The van der Waals surface area contributed by atoms with Crippen LogP contribution in [-0.2, 0) is 5.88 Å². The van der Waals surface area contributed by atoms with Gasteiger partial charge in [-0.15, -0.1) is 11.6 Å². The number of halogens is 1. The first-order valence-corrected chi connectivity index (χ1v) is 3.52. The molecule has 0 aliphatic carbocycles. The highest BCUT2D eigenvalue weighted by atomic mass is 35.5. The molecule has 0 radical (unpaired) electrons. The Morgan fingerprint density at radius 3 is 2.80 bits per heavy atom. The lowest BCUT2D eigenvalue weighted by Crippen LogP contribution is -2.30. The Labute approximate surface area is 64.6 Å². The maximum Gasteiger partial charge on any atom is 0.207 e. The maximum absolute atomic E-state index is 10.9. The molecule has 0 saturated heterocycles. The van der Waals surface area contributed by atoms with Crippen molar-refractivity contribution in [1.29, 1.82) is 0 Å². The Hall–Kier alpha value is -0.760. The molecule has 1 aromatic heterocycles. The van der Waals surface area contributed by atoms with Gasteiger partial charge in [0.2, 0.25) is 5.69 Å². The summed E-state index contributed by atoms with van der Waals surface area (Å²) in [6.45, 7) is 1.87. The van der Waals surface area contributed by atoms with Gasteiger partial charge in [0.25, 0.3) is 0 Å². The molecule has 10 heavy (non-hydrogen) atoms. The van der Waals surface area contributed by atoms with Crippen LogP contribution in [0.1, 0.15) is 11.3 Å². The van der Waals surface area contributed by atoms with E-state index in [1.165, 1.54) is 6.20 Å². The first-order chi connectivity index (χ1) is 4.74. The van der Waals surface area contributed by atoms with E-state index in [-0.39, 0.29) is 5.88 Å². The van der Waals surface area contributed by atoms with Gasteiger partial charge in [0.15, 0.2) is 6.20 Å². The summed E-state index contributed by atoms with van der Waals surface area (Å²) in [6.07, 6.45) is 1.51. The van der Waals surface area contributed by atoms with Crippen LogP contribution in [0.15, 0.2) is 18.3 Å². The number of pyridine rings is 1. The van der Waals surface area contributed by atoms with Crippen molar-refractivity contribution in [2.24, 2.45) is 0 Å². The molecule has 0 aliphatic heterocycles. The van der Waals surface area contributed by atoms with E-state index in [1.807, 2.05) is 13.0 Å². The van der Waals surface area contributed by atoms with Gasteiger partial charge in [0, 0.05) is 11.6 Å². The van der Waals surface area contributed by atoms with E-state index < -0.39 is 0 Å². The molecule has 54 valence electrons. The van der Waals surface area contributed by atoms with Gasteiger partial charge in [-0.05, 0) is 13.0 Å². The molecule has 0 N–H and O–H groups in total. The van der Waals surface area contributed by atoms with Crippen LogP contribution in [0.4, 0.5) is 0 Å². The Morgan fingerprint density at radius 1 is 1.60 bits per heavy atom. The molecule has 0 atom stereocenters.